The van der Waals surface area contributed by atoms with Crippen LogP contribution in [-0.2, 0) is 14.8 Å². The van der Waals surface area contributed by atoms with E-state index in [1.807, 2.05) is 32.6 Å². The molecule has 0 saturated carbocycles. The minimum atomic E-state index is -3.62. The van der Waals surface area contributed by atoms with E-state index in [9.17, 15) is 18.3 Å². The van der Waals surface area contributed by atoms with Gasteiger partial charge in [0.2, 0.25) is 15.9 Å². The van der Waals surface area contributed by atoms with E-state index in [0.29, 0.717) is 25.3 Å². The van der Waals surface area contributed by atoms with Crippen LogP contribution in [0.25, 0.3) is 0 Å². The van der Waals surface area contributed by atoms with Gasteiger partial charge in [-0.25, -0.2) is 8.42 Å². The standard InChI is InChI=1S/C21H36N4O4S/c1-5-24(6-2)20-10-9-18(30(28,29)25(7-3)8-4)13-19(20)22-21(27)15-23-12-11-17(14-23)16-26/h9-10,13,17,26H,5-8,11-12,14-16H2,1-4H3,(H,22,27)/t17-/m1/s1. The lowest BCUT2D eigenvalue weighted by Gasteiger charge is -2.26. The number of carbonyl (C=O) groups is 1. The van der Waals surface area contributed by atoms with E-state index in [2.05, 4.69) is 10.2 Å². The number of likely N-dealkylation sites (tertiary alicyclic amines) is 1. The molecule has 0 aromatic heterocycles. The predicted molar refractivity (Wildman–Crippen MR) is 120 cm³/mol. The summed E-state index contributed by atoms with van der Waals surface area (Å²) in [4.78, 5) is 17.0. The summed E-state index contributed by atoms with van der Waals surface area (Å²) >= 11 is 0. The molecule has 0 unspecified atom stereocenters. The number of benzene rings is 1. The van der Waals surface area contributed by atoms with E-state index in [1.165, 1.54) is 4.31 Å². The van der Waals surface area contributed by atoms with Crippen LogP contribution < -0.4 is 10.2 Å². The van der Waals surface area contributed by atoms with E-state index in [4.69, 9.17) is 0 Å². The summed E-state index contributed by atoms with van der Waals surface area (Å²) in [5.74, 6) is 0.0333. The second-order valence-corrected chi connectivity index (χ2v) is 9.50. The molecule has 8 nitrogen and oxygen atoms in total. The molecule has 2 rings (SSSR count). The molecular formula is C21H36N4O4S. The number of amides is 1. The summed E-state index contributed by atoms with van der Waals surface area (Å²) in [6, 6.07) is 4.96. The molecule has 1 atom stereocenters. The molecular weight excluding hydrogens is 404 g/mol. The number of aliphatic hydroxyl groups excluding tert-OH is 1. The Labute approximate surface area is 180 Å². The topological polar surface area (TPSA) is 93.2 Å². The first kappa shape index (κ1) is 24.6. The molecule has 1 fully saturated rings. The van der Waals surface area contributed by atoms with Gasteiger partial charge in [-0.3, -0.25) is 9.69 Å². The van der Waals surface area contributed by atoms with Crippen molar-refractivity contribution >= 4 is 27.3 Å². The number of hydrogen-bond acceptors (Lipinski definition) is 6. The van der Waals surface area contributed by atoms with E-state index in [0.717, 1.165) is 31.7 Å². The van der Waals surface area contributed by atoms with Crippen LogP contribution in [0.15, 0.2) is 23.1 Å². The van der Waals surface area contributed by atoms with Gasteiger partial charge in [0.05, 0.1) is 22.8 Å². The second-order valence-electron chi connectivity index (χ2n) is 7.56. The van der Waals surface area contributed by atoms with E-state index in [-0.39, 0.29) is 29.9 Å². The zero-order chi connectivity index (χ0) is 22.3. The maximum absolute atomic E-state index is 13.0. The Bertz CT molecular complexity index is 807. The fourth-order valence-corrected chi connectivity index (χ4v) is 5.41. The van der Waals surface area contributed by atoms with Crippen molar-refractivity contribution in [2.75, 3.05) is 62.6 Å². The Morgan fingerprint density at radius 2 is 1.83 bits per heavy atom. The average molecular weight is 441 g/mol. The van der Waals surface area contributed by atoms with Gasteiger partial charge in [0.1, 0.15) is 0 Å². The smallest absolute Gasteiger partial charge is 0.243 e. The van der Waals surface area contributed by atoms with Crippen LogP contribution in [0.1, 0.15) is 34.1 Å². The van der Waals surface area contributed by atoms with E-state index < -0.39 is 10.0 Å². The first-order valence-corrected chi connectivity index (χ1v) is 12.3. The Morgan fingerprint density at radius 1 is 1.17 bits per heavy atom. The third-order valence-electron chi connectivity index (χ3n) is 5.68. The fourth-order valence-electron chi connectivity index (χ4n) is 3.93. The summed E-state index contributed by atoms with van der Waals surface area (Å²) in [6.45, 7) is 11.8. The van der Waals surface area contributed by atoms with E-state index >= 15 is 0 Å². The number of aliphatic hydroxyl groups is 1. The molecule has 0 spiro atoms. The molecule has 30 heavy (non-hydrogen) atoms. The molecule has 1 aliphatic heterocycles. The van der Waals surface area contributed by atoms with Gasteiger partial charge < -0.3 is 15.3 Å². The van der Waals surface area contributed by atoms with Gasteiger partial charge in [-0.2, -0.15) is 4.31 Å². The van der Waals surface area contributed by atoms with Gasteiger partial charge in [0.25, 0.3) is 0 Å². The lowest BCUT2D eigenvalue weighted by atomic mass is 10.1. The van der Waals surface area contributed by atoms with Crippen molar-refractivity contribution in [3.63, 3.8) is 0 Å². The van der Waals surface area contributed by atoms with Crippen molar-refractivity contribution in [3.8, 4) is 0 Å². The van der Waals surface area contributed by atoms with E-state index in [1.54, 1.807) is 18.2 Å². The SMILES string of the molecule is CCN(CC)c1ccc(S(=O)(=O)N(CC)CC)cc1NC(=O)CN1CC[C@@H](CO)C1. The van der Waals surface area contributed by atoms with Crippen LogP contribution >= 0.6 is 0 Å². The Balaban J connectivity index is 2.30. The normalized spacial score (nSPS) is 17.5. The molecule has 1 aromatic rings. The summed E-state index contributed by atoms with van der Waals surface area (Å²) in [6.07, 6.45) is 0.881. The predicted octanol–water partition coefficient (Wildman–Crippen LogP) is 1.82. The molecule has 1 aromatic carbocycles. The van der Waals surface area contributed by atoms with Crippen molar-refractivity contribution in [1.29, 1.82) is 0 Å². The Hall–Kier alpha value is -1.68. The van der Waals surface area contributed by atoms with Crippen molar-refractivity contribution < 1.29 is 18.3 Å². The zero-order valence-electron chi connectivity index (χ0n) is 18.6. The summed E-state index contributed by atoms with van der Waals surface area (Å²) in [5, 5.41) is 12.2. The van der Waals surface area contributed by atoms with Gasteiger partial charge in [-0.1, -0.05) is 13.8 Å². The highest BCUT2D eigenvalue weighted by Crippen LogP contribution is 2.30. The highest BCUT2D eigenvalue weighted by atomic mass is 32.2. The van der Waals surface area contributed by atoms with Crippen LogP contribution in [0.5, 0.6) is 0 Å². The minimum absolute atomic E-state index is 0.134. The Morgan fingerprint density at radius 3 is 2.37 bits per heavy atom. The lowest BCUT2D eigenvalue weighted by molar-refractivity contribution is -0.117. The molecule has 9 heteroatoms. The third-order valence-corrected chi connectivity index (χ3v) is 7.73. The van der Waals surface area contributed by atoms with Crippen molar-refractivity contribution in [2.24, 2.45) is 5.92 Å². The first-order chi connectivity index (χ1) is 14.3. The van der Waals surface area contributed by atoms with Gasteiger partial charge in [0, 0.05) is 39.3 Å². The molecule has 0 aliphatic carbocycles. The molecule has 2 N–H and O–H groups in total. The third kappa shape index (κ3) is 5.72. The maximum atomic E-state index is 13.0. The van der Waals surface area contributed by atoms with Gasteiger partial charge in [0.15, 0.2) is 0 Å². The van der Waals surface area contributed by atoms with Crippen LogP contribution in [-0.4, -0.2) is 81.1 Å². The molecule has 170 valence electrons. The zero-order valence-corrected chi connectivity index (χ0v) is 19.4. The van der Waals surface area contributed by atoms with Gasteiger partial charge in [-0.15, -0.1) is 0 Å². The molecule has 0 radical (unpaired) electrons. The lowest BCUT2D eigenvalue weighted by Crippen LogP contribution is -2.33. The van der Waals surface area contributed by atoms with Crippen LogP contribution in [0, 0.1) is 5.92 Å². The number of rotatable bonds is 11. The monoisotopic (exact) mass is 440 g/mol. The minimum Gasteiger partial charge on any atom is -0.396 e. The Kier molecular flexibility index (Phi) is 9.09. The van der Waals surface area contributed by atoms with Crippen molar-refractivity contribution in [3.05, 3.63) is 18.2 Å². The number of carbonyl (C=O) groups excluding carboxylic acids is 1. The number of sulfonamides is 1. The number of hydrogen-bond donors (Lipinski definition) is 2. The number of nitrogens with zero attached hydrogens (tertiary/aromatic N) is 3. The number of anilines is 2. The summed E-state index contributed by atoms with van der Waals surface area (Å²) in [5.41, 5.74) is 1.32. The molecule has 0 bridgehead atoms. The highest BCUT2D eigenvalue weighted by molar-refractivity contribution is 7.89. The van der Waals surface area contributed by atoms with Gasteiger partial charge in [-0.05, 0) is 50.9 Å². The van der Waals surface area contributed by atoms with Crippen molar-refractivity contribution in [1.82, 2.24) is 9.21 Å². The summed E-state index contributed by atoms with van der Waals surface area (Å²) < 4.78 is 27.3. The van der Waals surface area contributed by atoms with Crippen LogP contribution in [0.4, 0.5) is 11.4 Å². The second kappa shape index (κ2) is 11.1. The average Bonchev–Trinajstić information content (AvgIpc) is 3.17. The molecule has 1 amide bonds. The molecule has 1 heterocycles. The quantitative estimate of drug-likeness (QED) is 0.545. The molecule has 1 aliphatic rings. The van der Waals surface area contributed by atoms with Gasteiger partial charge >= 0.3 is 0 Å². The van der Waals surface area contributed by atoms with Crippen LogP contribution in [0.2, 0.25) is 0 Å². The molecule has 1 saturated heterocycles. The van der Waals surface area contributed by atoms with Crippen LogP contribution in [0.3, 0.4) is 0 Å². The van der Waals surface area contributed by atoms with Crippen molar-refractivity contribution in [2.45, 2.75) is 39.0 Å². The highest BCUT2D eigenvalue weighted by Gasteiger charge is 2.26. The summed E-state index contributed by atoms with van der Waals surface area (Å²) in [7, 11) is -3.62. The number of nitrogens with one attached hydrogen (secondary N) is 1. The first-order valence-electron chi connectivity index (χ1n) is 10.8. The maximum Gasteiger partial charge on any atom is 0.243 e. The largest absolute Gasteiger partial charge is 0.396 e. The fraction of sp³-hybridized carbons (Fsp3) is 0.667.